The summed E-state index contributed by atoms with van der Waals surface area (Å²) in [7, 11) is 3.28. The van der Waals surface area contributed by atoms with Crippen molar-refractivity contribution < 1.29 is 71.1 Å². The van der Waals surface area contributed by atoms with E-state index >= 15 is 0 Å². The summed E-state index contributed by atoms with van der Waals surface area (Å²) in [6, 6.07) is 13.7. The second kappa shape index (κ2) is 20.9. The fourth-order valence-electron chi connectivity index (χ4n) is 7.47. The molecule has 62 heavy (non-hydrogen) atoms. The van der Waals surface area contributed by atoms with Crippen molar-refractivity contribution in [3.05, 3.63) is 53.6 Å². The van der Waals surface area contributed by atoms with Crippen LogP contribution in [-0.2, 0) is 56.8 Å². The third-order valence-electron chi connectivity index (χ3n) is 10.9. The highest BCUT2D eigenvalue weighted by Crippen LogP contribution is 2.34. The molecule has 2 aromatic rings. The molecule has 4 fully saturated rings. The number of benzene rings is 2. The summed E-state index contributed by atoms with van der Waals surface area (Å²) < 4.78 is 91.3. The first-order valence-electron chi connectivity index (χ1n) is 21.6. The Kier molecular flexibility index (Phi) is 16.4. The largest absolute Gasteiger partial charge is 0.497 e. The second-order valence-corrected chi connectivity index (χ2v) is 18.7. The molecule has 3 unspecified atom stereocenters. The average Bonchev–Trinajstić information content (AvgIpc) is 3.90. The molecule has 0 aromatic heterocycles. The van der Waals surface area contributed by atoms with E-state index in [4.69, 9.17) is 71.1 Å². The van der Waals surface area contributed by atoms with Crippen molar-refractivity contribution in [1.29, 1.82) is 0 Å². The minimum atomic E-state index is -0.754. The minimum Gasteiger partial charge on any atom is -0.497 e. The van der Waals surface area contributed by atoms with Crippen LogP contribution in [0.1, 0.15) is 66.5 Å². The molecule has 0 N–H and O–H groups in total. The van der Waals surface area contributed by atoms with Crippen molar-refractivity contribution in [1.82, 2.24) is 0 Å². The van der Waals surface area contributed by atoms with Crippen molar-refractivity contribution in [2.75, 3.05) is 107 Å². The summed E-state index contributed by atoms with van der Waals surface area (Å²) in [5, 5.41) is 0. The maximum Gasteiger partial charge on any atom is 0.163 e. The number of hydrogen-bond donors (Lipinski definition) is 0. The quantitative estimate of drug-likeness (QED) is 0.112. The molecule has 0 spiro atoms. The standard InChI is InChI=1S/C47H70O15/c1-42(2)58-32-47(33-59-42,31-54-36-15-13-34(14-16-36)11-12-35-17-37(48-9)19-38(18-35)49-10)30-53-29-46(26-50-20-39-23-55-43(3,4)60-39,27-51-21-40-24-56-44(5,6)61-40)28-52-22-41-25-57-45(7,8)62-41/h11-19,39-41H,20-33H2,1-10H3/b12-11+. The smallest absolute Gasteiger partial charge is 0.163 e. The van der Waals surface area contributed by atoms with E-state index in [0.29, 0.717) is 58.6 Å². The van der Waals surface area contributed by atoms with Crippen LogP contribution in [0.4, 0.5) is 0 Å². The van der Waals surface area contributed by atoms with E-state index in [2.05, 4.69) is 0 Å². The summed E-state index contributed by atoms with van der Waals surface area (Å²) >= 11 is 0. The normalized spacial score (nSPS) is 25.8. The molecule has 15 nitrogen and oxygen atoms in total. The van der Waals surface area contributed by atoms with Gasteiger partial charge in [-0.3, -0.25) is 0 Å². The van der Waals surface area contributed by atoms with Gasteiger partial charge in [0.05, 0.1) is 111 Å². The van der Waals surface area contributed by atoms with E-state index in [9.17, 15) is 0 Å². The Labute approximate surface area is 367 Å². The number of rotatable bonds is 23. The Balaban J connectivity index is 1.13. The molecule has 4 aliphatic heterocycles. The van der Waals surface area contributed by atoms with E-state index < -0.39 is 34.0 Å². The van der Waals surface area contributed by atoms with E-state index in [0.717, 1.165) is 22.6 Å². The minimum absolute atomic E-state index is 0.217. The lowest BCUT2D eigenvalue weighted by Gasteiger charge is -2.43. The highest BCUT2D eigenvalue weighted by Gasteiger charge is 2.44. The molecule has 0 amide bonds. The topological polar surface area (TPSA) is 138 Å². The van der Waals surface area contributed by atoms with Gasteiger partial charge in [-0.25, -0.2) is 0 Å². The summed E-state index contributed by atoms with van der Waals surface area (Å²) in [5.74, 6) is -0.598. The highest BCUT2D eigenvalue weighted by atomic mass is 16.8. The van der Waals surface area contributed by atoms with Gasteiger partial charge in [0, 0.05) is 6.07 Å². The third kappa shape index (κ3) is 14.8. The molecule has 4 heterocycles. The van der Waals surface area contributed by atoms with Gasteiger partial charge in [-0.2, -0.15) is 0 Å². The van der Waals surface area contributed by atoms with Gasteiger partial charge in [0.1, 0.15) is 42.2 Å². The second-order valence-electron chi connectivity index (χ2n) is 18.7. The van der Waals surface area contributed by atoms with E-state index in [1.54, 1.807) is 14.2 Å². The molecule has 2 aromatic carbocycles. The van der Waals surface area contributed by atoms with Gasteiger partial charge < -0.3 is 71.1 Å². The summed E-state index contributed by atoms with van der Waals surface area (Å²) in [5.41, 5.74) is 0.585. The average molecular weight is 875 g/mol. The van der Waals surface area contributed by atoms with Crippen molar-refractivity contribution in [3.8, 4) is 17.2 Å². The van der Waals surface area contributed by atoms with Crippen LogP contribution in [0.25, 0.3) is 12.2 Å². The Morgan fingerprint density at radius 1 is 0.516 bits per heavy atom. The van der Waals surface area contributed by atoms with Crippen LogP contribution in [0, 0.1) is 10.8 Å². The lowest BCUT2D eigenvalue weighted by molar-refractivity contribution is -0.297. The van der Waals surface area contributed by atoms with Crippen LogP contribution in [-0.4, -0.2) is 148 Å². The van der Waals surface area contributed by atoms with Crippen molar-refractivity contribution in [2.24, 2.45) is 10.8 Å². The summed E-state index contributed by atoms with van der Waals surface area (Å²) in [6.45, 7) is 19.7. The van der Waals surface area contributed by atoms with Crippen LogP contribution in [0.2, 0.25) is 0 Å². The van der Waals surface area contributed by atoms with Gasteiger partial charge in [0.15, 0.2) is 23.1 Å². The molecule has 3 atom stereocenters. The third-order valence-corrected chi connectivity index (χ3v) is 10.9. The molecule has 6 rings (SSSR count). The molecule has 0 radical (unpaired) electrons. The van der Waals surface area contributed by atoms with Crippen LogP contribution < -0.4 is 14.2 Å². The zero-order chi connectivity index (χ0) is 44.5. The van der Waals surface area contributed by atoms with Crippen LogP contribution >= 0.6 is 0 Å². The molecular weight excluding hydrogens is 805 g/mol. The molecule has 15 heteroatoms. The van der Waals surface area contributed by atoms with Crippen molar-refractivity contribution in [2.45, 2.75) is 96.9 Å². The van der Waals surface area contributed by atoms with E-state index in [1.165, 1.54) is 0 Å². The van der Waals surface area contributed by atoms with Crippen molar-refractivity contribution in [3.63, 3.8) is 0 Å². The Hall–Kier alpha value is -2.90. The van der Waals surface area contributed by atoms with Crippen LogP contribution in [0.3, 0.4) is 0 Å². The first kappa shape index (κ1) is 48.6. The maximum atomic E-state index is 6.72. The predicted octanol–water partition coefficient (Wildman–Crippen LogP) is 6.53. The molecule has 0 bridgehead atoms. The zero-order valence-electron chi connectivity index (χ0n) is 38.5. The monoisotopic (exact) mass is 874 g/mol. The lowest BCUT2D eigenvalue weighted by atomic mass is 9.89. The molecular formula is C47H70O15. The fraction of sp³-hybridized carbons (Fsp3) is 0.702. The molecule has 4 saturated heterocycles. The van der Waals surface area contributed by atoms with Gasteiger partial charge >= 0.3 is 0 Å². The zero-order valence-corrected chi connectivity index (χ0v) is 38.5. The van der Waals surface area contributed by atoms with Gasteiger partial charge in [0.2, 0.25) is 0 Å². The Bertz CT molecular complexity index is 1610. The van der Waals surface area contributed by atoms with Gasteiger partial charge in [-0.05, 0) is 90.8 Å². The Morgan fingerprint density at radius 2 is 0.952 bits per heavy atom. The van der Waals surface area contributed by atoms with E-state index in [-0.39, 0.29) is 58.0 Å². The Morgan fingerprint density at radius 3 is 1.37 bits per heavy atom. The fourth-order valence-corrected chi connectivity index (χ4v) is 7.47. The van der Waals surface area contributed by atoms with Crippen LogP contribution in [0.5, 0.6) is 17.2 Å². The van der Waals surface area contributed by atoms with E-state index in [1.807, 2.05) is 110 Å². The van der Waals surface area contributed by atoms with Gasteiger partial charge in [-0.1, -0.05) is 24.3 Å². The van der Waals surface area contributed by atoms with Crippen molar-refractivity contribution >= 4 is 12.2 Å². The number of ether oxygens (including phenoxy) is 15. The summed E-state index contributed by atoms with van der Waals surface area (Å²) in [4.78, 5) is 0. The molecule has 0 aliphatic carbocycles. The van der Waals surface area contributed by atoms with Crippen LogP contribution in [0.15, 0.2) is 42.5 Å². The predicted molar refractivity (Wildman–Crippen MR) is 229 cm³/mol. The number of hydrogen-bond acceptors (Lipinski definition) is 15. The lowest BCUT2D eigenvalue weighted by Crippen LogP contribution is -2.52. The van der Waals surface area contributed by atoms with Gasteiger partial charge in [0.25, 0.3) is 0 Å². The number of methoxy groups -OCH3 is 2. The van der Waals surface area contributed by atoms with Gasteiger partial charge in [-0.15, -0.1) is 0 Å². The summed E-state index contributed by atoms with van der Waals surface area (Å²) in [6.07, 6.45) is 3.39. The first-order valence-corrected chi connectivity index (χ1v) is 21.6. The molecule has 348 valence electrons. The molecule has 4 aliphatic rings. The highest BCUT2D eigenvalue weighted by molar-refractivity contribution is 5.71. The SMILES string of the molecule is COc1cc(/C=C/c2ccc(OCC3(COCC(COCC4COC(C)(C)O4)(COCC4COC(C)(C)O4)COCC4COC(C)(C)O4)COC(C)(C)OC3)cc2)cc(OC)c1. The first-order chi connectivity index (χ1) is 29.4. The molecule has 0 saturated carbocycles. The maximum absolute atomic E-state index is 6.72.